The van der Waals surface area contributed by atoms with Gasteiger partial charge in [-0.25, -0.2) is 15.7 Å². The molecular weight excluding hydrogens is 250 g/mol. The maximum Gasteiger partial charge on any atom is 0.352 e. The molecule has 4 nitrogen and oxygen atoms in total. The second kappa shape index (κ2) is 5.61. The molecule has 1 aliphatic heterocycles. The molecule has 102 valence electrons. The highest BCUT2D eigenvalue weighted by Gasteiger charge is 2.23. The lowest BCUT2D eigenvalue weighted by Crippen LogP contribution is -2.29. The normalized spacial score (nSPS) is 22.4. The molecule has 2 unspecified atom stereocenters. The predicted molar refractivity (Wildman–Crippen MR) is 76.5 cm³/mol. The Labute approximate surface area is 111 Å². The highest BCUT2D eigenvalue weighted by molar-refractivity contribution is 8.22. The summed E-state index contributed by atoms with van der Waals surface area (Å²) >= 11 is 0. The number of hydrogen-bond donors (Lipinski definition) is 3. The minimum atomic E-state index is -0.577. The number of hydrogen-bond acceptors (Lipinski definition) is 4. The summed E-state index contributed by atoms with van der Waals surface area (Å²) in [6, 6.07) is 0. The number of aliphatic hydroxyl groups excluding tert-OH is 1. The van der Waals surface area contributed by atoms with E-state index in [0.29, 0.717) is 6.42 Å². The molecule has 1 rings (SSSR count). The first-order chi connectivity index (χ1) is 8.19. The van der Waals surface area contributed by atoms with Gasteiger partial charge in [-0.3, -0.25) is 5.41 Å². The monoisotopic (exact) mass is 271 g/mol. The van der Waals surface area contributed by atoms with Gasteiger partial charge in [-0.15, -0.1) is 0 Å². The van der Waals surface area contributed by atoms with E-state index in [9.17, 15) is 9.90 Å². The second-order valence-electron chi connectivity index (χ2n) is 5.35. The van der Waals surface area contributed by atoms with Gasteiger partial charge in [0, 0.05) is 6.42 Å². The van der Waals surface area contributed by atoms with E-state index in [1.165, 1.54) is 0 Å². The first kappa shape index (κ1) is 14.8. The van der Waals surface area contributed by atoms with Gasteiger partial charge >= 0.3 is 5.97 Å². The molecule has 0 amide bonds. The summed E-state index contributed by atoms with van der Waals surface area (Å²) in [6.07, 6.45) is 2.04. The lowest BCUT2D eigenvalue weighted by atomic mass is 10.1. The number of carbonyl (C=O) groups excluding carboxylic acids is 1. The second-order valence-corrected chi connectivity index (χ2v) is 7.68. The minimum Gasteiger partial charge on any atom is -0.507 e. The summed E-state index contributed by atoms with van der Waals surface area (Å²) in [6.45, 7) is 7.33. The number of aliphatic hydroxyl groups is 1. The van der Waals surface area contributed by atoms with Crippen molar-refractivity contribution in [2.24, 2.45) is 0 Å². The number of ether oxygens (including phenoxy) is 1. The van der Waals surface area contributed by atoms with Crippen LogP contribution in [0.2, 0.25) is 0 Å². The molecule has 0 spiro atoms. The van der Waals surface area contributed by atoms with Crippen molar-refractivity contribution in [1.82, 2.24) is 0 Å². The topological polar surface area (TPSA) is 70.4 Å². The Bertz CT molecular complexity index is 407. The molecule has 18 heavy (non-hydrogen) atoms. The van der Waals surface area contributed by atoms with Gasteiger partial charge in [0.25, 0.3) is 0 Å². The van der Waals surface area contributed by atoms with E-state index in [2.05, 4.69) is 0 Å². The molecule has 0 aromatic rings. The Morgan fingerprint density at radius 1 is 1.56 bits per heavy atom. The summed E-state index contributed by atoms with van der Waals surface area (Å²) in [7, 11) is -0.577. The highest BCUT2D eigenvalue weighted by atomic mass is 32.2. The van der Waals surface area contributed by atoms with E-state index in [0.717, 1.165) is 0 Å². The summed E-state index contributed by atoms with van der Waals surface area (Å²) in [5.41, 5.74) is -0.572. The zero-order valence-electron chi connectivity index (χ0n) is 11.2. The van der Waals surface area contributed by atoms with Crippen LogP contribution in [-0.2, 0) is 9.53 Å². The average molecular weight is 271 g/mol. The standard InChI is InChI=1S/C13H21NO3S/c1-9(18-6-5-10(15)8-18)7-11(14)12(16)17-13(2,3)4/h5-6,8-9,14-15,18H,7H2,1-4H3. The van der Waals surface area contributed by atoms with Gasteiger partial charge in [-0.2, -0.15) is 0 Å². The van der Waals surface area contributed by atoms with Crippen molar-refractivity contribution >= 4 is 22.6 Å². The van der Waals surface area contributed by atoms with Crippen LogP contribution in [0.15, 0.2) is 22.7 Å². The lowest BCUT2D eigenvalue weighted by Gasteiger charge is -2.22. The van der Waals surface area contributed by atoms with Crippen LogP contribution in [0.5, 0.6) is 0 Å². The first-order valence-corrected chi connectivity index (χ1v) is 7.41. The molecule has 0 aromatic carbocycles. The average Bonchev–Trinajstić information content (AvgIpc) is 2.62. The van der Waals surface area contributed by atoms with E-state index in [-0.39, 0.29) is 16.7 Å². The molecule has 0 saturated carbocycles. The molecule has 1 aliphatic rings. The van der Waals surface area contributed by atoms with Crippen molar-refractivity contribution in [3.8, 4) is 0 Å². The van der Waals surface area contributed by atoms with Crippen molar-refractivity contribution in [2.75, 3.05) is 0 Å². The Morgan fingerprint density at radius 3 is 2.61 bits per heavy atom. The van der Waals surface area contributed by atoms with E-state index >= 15 is 0 Å². The van der Waals surface area contributed by atoms with Crippen LogP contribution in [0.25, 0.3) is 0 Å². The molecule has 0 bridgehead atoms. The lowest BCUT2D eigenvalue weighted by molar-refractivity contribution is -0.146. The van der Waals surface area contributed by atoms with E-state index in [1.807, 2.05) is 12.3 Å². The quantitative estimate of drug-likeness (QED) is 0.418. The fourth-order valence-electron chi connectivity index (χ4n) is 1.50. The Morgan fingerprint density at radius 2 is 2.17 bits per heavy atom. The molecule has 2 N–H and O–H groups in total. The molecule has 1 heterocycles. The summed E-state index contributed by atoms with van der Waals surface area (Å²) < 4.78 is 5.15. The molecule has 0 saturated heterocycles. The molecule has 0 radical (unpaired) electrons. The zero-order chi connectivity index (χ0) is 13.9. The van der Waals surface area contributed by atoms with Crippen molar-refractivity contribution in [2.45, 2.75) is 45.0 Å². The first-order valence-electron chi connectivity index (χ1n) is 5.86. The predicted octanol–water partition coefficient (Wildman–Crippen LogP) is 3.05. The molecular formula is C13H21NO3S. The summed E-state index contributed by atoms with van der Waals surface area (Å²) in [4.78, 5) is 11.7. The SMILES string of the molecule is CC(CC(=N)C(=O)OC(C)(C)C)[SH]1C=CC(O)=C1. The number of allylic oxidation sites excluding steroid dienone is 1. The third-order valence-electron chi connectivity index (χ3n) is 2.35. The Balaban J connectivity index is 2.50. The van der Waals surface area contributed by atoms with Gasteiger partial charge in [0.15, 0.2) is 0 Å². The molecule has 0 aliphatic carbocycles. The van der Waals surface area contributed by atoms with Gasteiger partial charge < -0.3 is 9.84 Å². The molecule has 0 fully saturated rings. The summed E-state index contributed by atoms with van der Waals surface area (Å²) in [5, 5.41) is 20.9. The number of nitrogens with one attached hydrogen (secondary N) is 1. The van der Waals surface area contributed by atoms with Crippen molar-refractivity contribution in [1.29, 1.82) is 5.41 Å². The van der Waals surface area contributed by atoms with Gasteiger partial charge in [0.05, 0.1) is 0 Å². The van der Waals surface area contributed by atoms with Crippen LogP contribution in [0.1, 0.15) is 34.1 Å². The van der Waals surface area contributed by atoms with Crippen LogP contribution in [0, 0.1) is 5.41 Å². The van der Waals surface area contributed by atoms with Gasteiger partial charge in [0.1, 0.15) is 17.1 Å². The van der Waals surface area contributed by atoms with Crippen LogP contribution in [0.3, 0.4) is 0 Å². The Hall–Kier alpha value is -1.23. The van der Waals surface area contributed by atoms with Crippen molar-refractivity contribution < 1.29 is 14.6 Å². The van der Waals surface area contributed by atoms with Crippen molar-refractivity contribution in [3.05, 3.63) is 22.7 Å². The minimum absolute atomic E-state index is 0.00638. The maximum absolute atomic E-state index is 11.7. The molecule has 0 aromatic heterocycles. The van der Waals surface area contributed by atoms with Crippen molar-refractivity contribution in [3.63, 3.8) is 0 Å². The van der Waals surface area contributed by atoms with Gasteiger partial charge in [-0.1, -0.05) is 6.92 Å². The fraction of sp³-hybridized carbons (Fsp3) is 0.538. The van der Waals surface area contributed by atoms with E-state index in [1.54, 1.807) is 32.3 Å². The Kier molecular flexibility index (Phi) is 4.62. The third-order valence-corrected chi connectivity index (χ3v) is 4.61. The van der Waals surface area contributed by atoms with Gasteiger partial charge in [0.2, 0.25) is 0 Å². The summed E-state index contributed by atoms with van der Waals surface area (Å²) in [5.74, 6) is -0.280. The van der Waals surface area contributed by atoms with E-state index < -0.39 is 22.5 Å². The smallest absolute Gasteiger partial charge is 0.352 e. The van der Waals surface area contributed by atoms with E-state index in [4.69, 9.17) is 10.1 Å². The third kappa shape index (κ3) is 4.56. The number of thiol groups is 1. The van der Waals surface area contributed by atoms with Crippen LogP contribution >= 0.6 is 10.9 Å². The van der Waals surface area contributed by atoms with Crippen LogP contribution in [-0.4, -0.2) is 27.6 Å². The van der Waals surface area contributed by atoms with Crippen LogP contribution in [0.4, 0.5) is 0 Å². The molecule has 5 heteroatoms. The number of rotatable bonds is 4. The number of carbonyl (C=O) groups is 1. The fourth-order valence-corrected chi connectivity index (χ4v) is 3.24. The largest absolute Gasteiger partial charge is 0.507 e. The number of esters is 1. The van der Waals surface area contributed by atoms with Gasteiger partial charge in [-0.05, 0) is 42.9 Å². The maximum atomic E-state index is 11.7. The van der Waals surface area contributed by atoms with Crippen LogP contribution < -0.4 is 0 Å². The molecule has 2 atom stereocenters. The zero-order valence-corrected chi connectivity index (χ0v) is 12.1. The highest BCUT2D eigenvalue weighted by Crippen LogP contribution is 2.41.